The summed E-state index contributed by atoms with van der Waals surface area (Å²) in [4.78, 5) is 13.3. The average molecular weight is 251 g/mol. The van der Waals surface area contributed by atoms with Crippen molar-refractivity contribution in [3.05, 3.63) is 18.0 Å². The minimum Gasteiger partial charge on any atom is -0.481 e. The van der Waals surface area contributed by atoms with Crippen LogP contribution in [0.4, 0.5) is 0 Å². The topological polar surface area (TPSA) is 58.4 Å². The fourth-order valence-corrected chi connectivity index (χ4v) is 2.62. The lowest BCUT2D eigenvalue weighted by Crippen LogP contribution is -2.23. The Morgan fingerprint density at radius 2 is 2.33 bits per heavy atom. The molecule has 1 aromatic rings. The number of hydrogen-bond acceptors (Lipinski definition) is 3. The molecule has 1 saturated heterocycles. The zero-order valence-corrected chi connectivity index (χ0v) is 11.0. The number of aryl methyl sites for hydroxylation is 1. The fourth-order valence-electron chi connectivity index (χ4n) is 2.62. The van der Waals surface area contributed by atoms with Gasteiger partial charge in [0.15, 0.2) is 0 Å². The van der Waals surface area contributed by atoms with E-state index in [9.17, 15) is 4.79 Å². The van der Waals surface area contributed by atoms with E-state index < -0.39 is 5.97 Å². The number of hydrogen-bond donors (Lipinski definition) is 1. The molecule has 0 radical (unpaired) electrons. The Morgan fingerprint density at radius 3 is 2.94 bits per heavy atom. The first-order chi connectivity index (χ1) is 8.60. The van der Waals surface area contributed by atoms with Gasteiger partial charge in [-0.05, 0) is 12.3 Å². The van der Waals surface area contributed by atoms with Crippen LogP contribution in [0.25, 0.3) is 0 Å². The Kier molecular flexibility index (Phi) is 4.01. The number of carboxylic acid groups (broad SMARTS) is 1. The van der Waals surface area contributed by atoms with Gasteiger partial charge < -0.3 is 5.11 Å². The monoisotopic (exact) mass is 251 g/mol. The molecule has 0 bridgehead atoms. The predicted molar refractivity (Wildman–Crippen MR) is 68.1 cm³/mol. The van der Waals surface area contributed by atoms with Crippen molar-refractivity contribution in [2.75, 3.05) is 13.1 Å². The van der Waals surface area contributed by atoms with Gasteiger partial charge in [-0.3, -0.25) is 14.4 Å². The Hall–Kier alpha value is -1.36. The number of aliphatic carboxylic acids is 1. The second kappa shape index (κ2) is 5.52. The van der Waals surface area contributed by atoms with Crippen molar-refractivity contribution in [2.24, 2.45) is 11.8 Å². The SMILES string of the molecule is CCCn1cc(CN2CC(C)C(C(=O)O)C2)cn1. The molecular formula is C13H21N3O2. The third kappa shape index (κ3) is 2.90. The number of likely N-dealkylation sites (tertiary alicyclic amines) is 1. The van der Waals surface area contributed by atoms with E-state index in [-0.39, 0.29) is 11.8 Å². The summed E-state index contributed by atoms with van der Waals surface area (Å²) < 4.78 is 1.95. The highest BCUT2D eigenvalue weighted by Crippen LogP contribution is 2.24. The van der Waals surface area contributed by atoms with Gasteiger partial charge in [-0.15, -0.1) is 0 Å². The second-order valence-electron chi connectivity index (χ2n) is 5.23. The molecule has 5 nitrogen and oxygen atoms in total. The summed E-state index contributed by atoms with van der Waals surface area (Å²) in [6, 6.07) is 0. The molecule has 5 heteroatoms. The second-order valence-corrected chi connectivity index (χ2v) is 5.23. The van der Waals surface area contributed by atoms with E-state index in [2.05, 4.69) is 23.1 Å². The Morgan fingerprint density at radius 1 is 1.56 bits per heavy atom. The molecule has 100 valence electrons. The van der Waals surface area contributed by atoms with E-state index in [4.69, 9.17) is 5.11 Å². The Bertz CT molecular complexity index is 416. The van der Waals surface area contributed by atoms with Crippen LogP contribution in [0.15, 0.2) is 12.4 Å². The molecule has 0 aromatic carbocycles. The summed E-state index contributed by atoms with van der Waals surface area (Å²) in [6.07, 6.45) is 5.01. The highest BCUT2D eigenvalue weighted by molar-refractivity contribution is 5.71. The van der Waals surface area contributed by atoms with Crippen molar-refractivity contribution in [3.63, 3.8) is 0 Å². The first kappa shape index (κ1) is 13.1. The predicted octanol–water partition coefficient (Wildman–Crippen LogP) is 1.45. The zero-order chi connectivity index (χ0) is 13.1. The van der Waals surface area contributed by atoms with Gasteiger partial charge in [-0.2, -0.15) is 5.10 Å². The maximum Gasteiger partial charge on any atom is 0.308 e. The molecule has 2 heterocycles. The normalized spacial score (nSPS) is 24.6. The van der Waals surface area contributed by atoms with Gasteiger partial charge in [0.25, 0.3) is 0 Å². The number of carbonyl (C=O) groups is 1. The average Bonchev–Trinajstić information content (AvgIpc) is 2.87. The van der Waals surface area contributed by atoms with Gasteiger partial charge in [0.2, 0.25) is 0 Å². The molecule has 2 unspecified atom stereocenters. The quantitative estimate of drug-likeness (QED) is 0.860. The summed E-state index contributed by atoms with van der Waals surface area (Å²) in [5, 5.41) is 13.4. The van der Waals surface area contributed by atoms with Crippen LogP contribution in [0.5, 0.6) is 0 Å². The van der Waals surface area contributed by atoms with E-state index in [0.29, 0.717) is 6.54 Å². The van der Waals surface area contributed by atoms with Crippen LogP contribution in [0.3, 0.4) is 0 Å². The van der Waals surface area contributed by atoms with Crippen LogP contribution in [0.2, 0.25) is 0 Å². The van der Waals surface area contributed by atoms with Crippen LogP contribution >= 0.6 is 0 Å². The largest absolute Gasteiger partial charge is 0.481 e. The smallest absolute Gasteiger partial charge is 0.308 e. The van der Waals surface area contributed by atoms with Crippen molar-refractivity contribution >= 4 is 5.97 Å². The zero-order valence-electron chi connectivity index (χ0n) is 11.0. The van der Waals surface area contributed by atoms with Gasteiger partial charge >= 0.3 is 5.97 Å². The molecule has 0 saturated carbocycles. The number of carboxylic acids is 1. The third-order valence-corrected chi connectivity index (χ3v) is 3.55. The van der Waals surface area contributed by atoms with Crippen molar-refractivity contribution in [2.45, 2.75) is 33.4 Å². The van der Waals surface area contributed by atoms with Crippen LogP contribution in [0, 0.1) is 11.8 Å². The van der Waals surface area contributed by atoms with Gasteiger partial charge in [-0.25, -0.2) is 0 Å². The third-order valence-electron chi connectivity index (χ3n) is 3.55. The highest BCUT2D eigenvalue weighted by Gasteiger charge is 2.34. The number of rotatable bonds is 5. The molecule has 0 amide bonds. The van der Waals surface area contributed by atoms with Gasteiger partial charge in [-0.1, -0.05) is 13.8 Å². The lowest BCUT2D eigenvalue weighted by Gasteiger charge is -2.13. The van der Waals surface area contributed by atoms with E-state index >= 15 is 0 Å². The van der Waals surface area contributed by atoms with E-state index in [1.807, 2.05) is 17.8 Å². The molecule has 0 spiro atoms. The number of nitrogens with zero attached hydrogens (tertiary/aromatic N) is 3. The molecule has 1 aliphatic rings. The first-order valence-corrected chi connectivity index (χ1v) is 6.56. The highest BCUT2D eigenvalue weighted by atomic mass is 16.4. The summed E-state index contributed by atoms with van der Waals surface area (Å²) in [7, 11) is 0. The molecule has 2 rings (SSSR count). The van der Waals surface area contributed by atoms with Crippen LogP contribution in [0.1, 0.15) is 25.8 Å². The summed E-state index contributed by atoms with van der Waals surface area (Å²) in [5.74, 6) is -0.671. The summed E-state index contributed by atoms with van der Waals surface area (Å²) in [6.45, 7) is 7.39. The van der Waals surface area contributed by atoms with Gasteiger partial charge in [0, 0.05) is 37.9 Å². The lowest BCUT2D eigenvalue weighted by molar-refractivity contribution is -0.142. The summed E-state index contributed by atoms with van der Waals surface area (Å²) in [5.41, 5.74) is 1.17. The van der Waals surface area contributed by atoms with Crippen LogP contribution in [-0.4, -0.2) is 38.8 Å². The molecule has 18 heavy (non-hydrogen) atoms. The molecule has 1 aliphatic heterocycles. The molecular weight excluding hydrogens is 230 g/mol. The molecule has 0 aliphatic carbocycles. The van der Waals surface area contributed by atoms with E-state index in [1.165, 1.54) is 5.56 Å². The Balaban J connectivity index is 1.92. The molecule has 1 aromatic heterocycles. The van der Waals surface area contributed by atoms with Gasteiger partial charge in [0.05, 0.1) is 12.1 Å². The maximum absolute atomic E-state index is 11.1. The fraction of sp³-hybridized carbons (Fsp3) is 0.692. The van der Waals surface area contributed by atoms with Crippen LogP contribution in [-0.2, 0) is 17.9 Å². The standard InChI is InChI=1S/C13H21N3O2/c1-3-4-16-8-11(5-14-16)7-15-6-10(2)12(9-15)13(17)18/h5,8,10,12H,3-4,6-7,9H2,1-2H3,(H,17,18). The minimum absolute atomic E-state index is 0.226. The molecule has 1 N–H and O–H groups in total. The van der Waals surface area contributed by atoms with E-state index in [1.54, 1.807) is 0 Å². The van der Waals surface area contributed by atoms with Crippen molar-refractivity contribution in [1.29, 1.82) is 0 Å². The first-order valence-electron chi connectivity index (χ1n) is 6.56. The lowest BCUT2D eigenvalue weighted by atomic mass is 9.99. The Labute approximate surface area is 107 Å². The van der Waals surface area contributed by atoms with E-state index in [0.717, 1.165) is 26.1 Å². The minimum atomic E-state index is -0.674. The summed E-state index contributed by atoms with van der Waals surface area (Å²) >= 11 is 0. The van der Waals surface area contributed by atoms with Crippen molar-refractivity contribution in [1.82, 2.24) is 14.7 Å². The van der Waals surface area contributed by atoms with Crippen molar-refractivity contribution in [3.8, 4) is 0 Å². The number of aromatic nitrogens is 2. The molecule has 1 fully saturated rings. The maximum atomic E-state index is 11.1. The van der Waals surface area contributed by atoms with Crippen molar-refractivity contribution < 1.29 is 9.90 Å². The molecule has 2 atom stereocenters. The van der Waals surface area contributed by atoms with Gasteiger partial charge in [0.1, 0.15) is 0 Å². The van der Waals surface area contributed by atoms with Crippen LogP contribution < -0.4 is 0 Å².